The normalized spacial score (nSPS) is 13.6. The number of hydrogen-bond acceptors (Lipinski definition) is 4. The number of amides is 1. The van der Waals surface area contributed by atoms with Gasteiger partial charge in [0.15, 0.2) is 0 Å². The Hall–Kier alpha value is -3.54. The van der Waals surface area contributed by atoms with E-state index in [0.29, 0.717) is 5.56 Å². The third kappa shape index (κ3) is 7.52. The second kappa shape index (κ2) is 10.9. The van der Waals surface area contributed by atoms with Gasteiger partial charge in [0.05, 0.1) is 7.11 Å². The summed E-state index contributed by atoms with van der Waals surface area (Å²) < 4.78 is 4.74. The lowest BCUT2D eigenvalue weighted by Crippen LogP contribution is -2.59. The second-order valence-corrected chi connectivity index (χ2v) is 9.01. The summed E-state index contributed by atoms with van der Waals surface area (Å²) >= 11 is 0. The minimum atomic E-state index is -0.968. The molecule has 1 atom stereocenters. The van der Waals surface area contributed by atoms with Crippen LogP contribution in [0.25, 0.3) is 0 Å². The van der Waals surface area contributed by atoms with Crippen molar-refractivity contribution in [3.05, 3.63) is 70.8 Å². The summed E-state index contributed by atoms with van der Waals surface area (Å²) in [6, 6.07) is 14.1. The Morgan fingerprint density at radius 1 is 1.03 bits per heavy atom. The zero-order chi connectivity index (χ0) is 23.8. The van der Waals surface area contributed by atoms with Crippen LogP contribution in [0.4, 0.5) is 0 Å². The van der Waals surface area contributed by atoms with Gasteiger partial charge in [0, 0.05) is 22.2 Å². The molecule has 0 spiro atoms. The fourth-order valence-corrected chi connectivity index (χ4v) is 3.32. The van der Waals surface area contributed by atoms with Crippen LogP contribution in [-0.4, -0.2) is 30.6 Å². The lowest BCUT2D eigenvalue weighted by Gasteiger charge is -2.28. The highest BCUT2D eigenvalue weighted by Gasteiger charge is 2.34. The number of esters is 1. The Morgan fingerprint density at radius 2 is 1.58 bits per heavy atom. The van der Waals surface area contributed by atoms with Crippen LogP contribution in [0.3, 0.4) is 0 Å². The lowest BCUT2D eigenvalue weighted by molar-refractivity contribution is -0.144. The first-order chi connectivity index (χ1) is 15.8. The van der Waals surface area contributed by atoms with Crippen molar-refractivity contribution in [2.75, 3.05) is 7.11 Å². The van der Waals surface area contributed by atoms with Gasteiger partial charge in [-0.2, -0.15) is 0 Å². The van der Waals surface area contributed by atoms with E-state index in [-0.39, 0.29) is 0 Å². The van der Waals surface area contributed by atoms with E-state index in [0.717, 1.165) is 23.5 Å². The summed E-state index contributed by atoms with van der Waals surface area (Å²) in [5.41, 5.74) is 8.46. The largest absolute Gasteiger partial charge is 0.467 e. The van der Waals surface area contributed by atoms with Crippen LogP contribution < -0.4 is 11.1 Å². The molecule has 3 N–H and O–H groups in total. The van der Waals surface area contributed by atoms with Crippen molar-refractivity contribution >= 4 is 11.9 Å². The van der Waals surface area contributed by atoms with E-state index < -0.39 is 23.5 Å². The summed E-state index contributed by atoms with van der Waals surface area (Å²) in [4.78, 5) is 24.5. The number of carbonyl (C=O) groups excluding carboxylic acids is 2. The van der Waals surface area contributed by atoms with Crippen LogP contribution in [0.15, 0.2) is 48.5 Å². The molecule has 0 aliphatic heterocycles. The summed E-state index contributed by atoms with van der Waals surface area (Å²) in [5.74, 6) is 11.7. The number of hydrogen-bond donors (Lipinski definition) is 2. The SMILES string of the molecule is COC(=O)C(NC(=O)c1ccc(C#CC#Cc2ccc(CCC3CC3)cc2)cc1)C(C)(C)N. The number of benzene rings is 2. The molecule has 2 aromatic rings. The maximum atomic E-state index is 12.5. The molecule has 3 rings (SSSR count). The molecule has 0 bridgehead atoms. The summed E-state index contributed by atoms with van der Waals surface area (Å²) in [6.07, 6.45) is 5.20. The number of carbonyl (C=O) groups is 2. The topological polar surface area (TPSA) is 81.4 Å². The van der Waals surface area contributed by atoms with Crippen LogP contribution in [0.1, 0.15) is 60.2 Å². The van der Waals surface area contributed by atoms with E-state index in [2.05, 4.69) is 41.1 Å². The average molecular weight is 443 g/mol. The van der Waals surface area contributed by atoms with Gasteiger partial charge in [0.2, 0.25) is 0 Å². The molecule has 1 aliphatic rings. The molecule has 5 heteroatoms. The van der Waals surface area contributed by atoms with Crippen LogP contribution in [-0.2, 0) is 16.0 Å². The fraction of sp³-hybridized carbons (Fsp3) is 0.357. The van der Waals surface area contributed by atoms with Crippen LogP contribution in [0, 0.1) is 29.6 Å². The van der Waals surface area contributed by atoms with Gasteiger partial charge in [0.1, 0.15) is 6.04 Å². The maximum absolute atomic E-state index is 12.5. The minimum Gasteiger partial charge on any atom is -0.467 e. The first-order valence-corrected chi connectivity index (χ1v) is 11.1. The standard InChI is InChI=1S/C28H30N2O3/c1-28(2,29)25(27(32)33-3)30-26(31)24-18-16-21(17-19-24)7-5-4-6-20-8-10-22(11-9-20)12-13-23-14-15-23/h8-11,16-19,23,25H,12-15,29H2,1-3H3,(H,30,31). The Labute approximate surface area is 196 Å². The van der Waals surface area contributed by atoms with E-state index in [9.17, 15) is 9.59 Å². The van der Waals surface area contributed by atoms with E-state index in [4.69, 9.17) is 10.5 Å². The van der Waals surface area contributed by atoms with E-state index >= 15 is 0 Å². The molecule has 2 aromatic carbocycles. The van der Waals surface area contributed by atoms with Crippen LogP contribution in [0.5, 0.6) is 0 Å². The molecule has 0 aromatic heterocycles. The van der Waals surface area contributed by atoms with Crippen molar-refractivity contribution in [1.29, 1.82) is 0 Å². The molecule has 1 unspecified atom stereocenters. The third-order valence-corrected chi connectivity index (χ3v) is 5.57. The molecule has 33 heavy (non-hydrogen) atoms. The van der Waals surface area contributed by atoms with E-state index in [1.54, 1.807) is 38.1 Å². The van der Waals surface area contributed by atoms with Crippen LogP contribution >= 0.6 is 0 Å². The molecule has 0 saturated heterocycles. The Bertz CT molecular complexity index is 1100. The summed E-state index contributed by atoms with van der Waals surface area (Å²) in [5, 5.41) is 2.64. The highest BCUT2D eigenvalue weighted by molar-refractivity contribution is 5.97. The quantitative estimate of drug-likeness (QED) is 0.508. The summed E-state index contributed by atoms with van der Waals surface area (Å²) in [6.45, 7) is 3.30. The van der Waals surface area contributed by atoms with E-state index in [1.165, 1.54) is 31.9 Å². The minimum absolute atomic E-state index is 0.395. The second-order valence-electron chi connectivity index (χ2n) is 9.01. The van der Waals surface area contributed by atoms with Crippen LogP contribution in [0.2, 0.25) is 0 Å². The molecule has 5 nitrogen and oxygen atoms in total. The zero-order valence-corrected chi connectivity index (χ0v) is 19.4. The van der Waals surface area contributed by atoms with Crippen molar-refractivity contribution < 1.29 is 14.3 Å². The van der Waals surface area contributed by atoms with Gasteiger partial charge in [-0.1, -0.05) is 36.8 Å². The number of nitrogens with two attached hydrogens (primary N) is 1. The Morgan fingerprint density at radius 3 is 2.06 bits per heavy atom. The van der Waals surface area contributed by atoms with Gasteiger partial charge in [-0.3, -0.25) is 4.79 Å². The molecular weight excluding hydrogens is 412 g/mol. The number of methoxy groups -OCH3 is 1. The molecule has 0 heterocycles. The highest BCUT2D eigenvalue weighted by Crippen LogP contribution is 2.33. The highest BCUT2D eigenvalue weighted by atomic mass is 16.5. The van der Waals surface area contributed by atoms with Crippen molar-refractivity contribution in [1.82, 2.24) is 5.32 Å². The average Bonchev–Trinajstić information content (AvgIpc) is 3.63. The molecular formula is C28H30N2O3. The van der Waals surface area contributed by atoms with Crippen molar-refractivity contribution in [3.63, 3.8) is 0 Å². The predicted molar refractivity (Wildman–Crippen MR) is 129 cm³/mol. The first-order valence-electron chi connectivity index (χ1n) is 11.1. The molecule has 1 amide bonds. The van der Waals surface area contributed by atoms with Gasteiger partial charge in [0.25, 0.3) is 5.91 Å². The number of ether oxygens (including phenoxy) is 1. The fourth-order valence-electron chi connectivity index (χ4n) is 3.32. The zero-order valence-electron chi connectivity index (χ0n) is 19.4. The van der Waals surface area contributed by atoms with Gasteiger partial charge < -0.3 is 15.8 Å². The maximum Gasteiger partial charge on any atom is 0.330 e. The molecule has 0 radical (unpaired) electrons. The molecule has 1 aliphatic carbocycles. The lowest BCUT2D eigenvalue weighted by atomic mass is 9.95. The van der Waals surface area contributed by atoms with Gasteiger partial charge >= 0.3 is 5.97 Å². The van der Waals surface area contributed by atoms with Crippen molar-refractivity contribution in [2.45, 2.75) is 51.1 Å². The van der Waals surface area contributed by atoms with Gasteiger partial charge in [-0.05, 0) is 86.4 Å². The first kappa shape index (κ1) is 24.1. The van der Waals surface area contributed by atoms with Gasteiger partial charge in [-0.25, -0.2) is 4.79 Å². The van der Waals surface area contributed by atoms with Gasteiger partial charge in [-0.15, -0.1) is 0 Å². The van der Waals surface area contributed by atoms with E-state index in [1.807, 2.05) is 12.1 Å². The number of nitrogens with one attached hydrogen (secondary N) is 1. The molecule has 1 saturated carbocycles. The number of aryl methyl sites for hydroxylation is 1. The van der Waals surface area contributed by atoms with Crippen molar-refractivity contribution in [2.24, 2.45) is 11.7 Å². The number of rotatable bonds is 7. The predicted octanol–water partition coefficient (Wildman–Crippen LogP) is 3.44. The monoisotopic (exact) mass is 442 g/mol. The molecule has 1 fully saturated rings. The smallest absolute Gasteiger partial charge is 0.330 e. The third-order valence-electron chi connectivity index (χ3n) is 5.57. The summed E-state index contributed by atoms with van der Waals surface area (Å²) in [7, 11) is 1.26. The Kier molecular flexibility index (Phi) is 7.93. The molecule has 170 valence electrons. The Balaban J connectivity index is 1.57. The van der Waals surface area contributed by atoms with Crippen molar-refractivity contribution in [3.8, 4) is 23.7 Å².